The molecule has 1 saturated heterocycles. The van der Waals surface area contributed by atoms with Gasteiger partial charge in [0.25, 0.3) is 5.91 Å². The third-order valence-corrected chi connectivity index (χ3v) is 6.39. The van der Waals surface area contributed by atoms with E-state index in [1.807, 2.05) is 12.1 Å². The van der Waals surface area contributed by atoms with Gasteiger partial charge in [0.1, 0.15) is 5.82 Å². The lowest BCUT2D eigenvalue weighted by Crippen LogP contribution is -2.33. The van der Waals surface area contributed by atoms with Gasteiger partial charge in [-0.3, -0.25) is 9.69 Å². The highest BCUT2D eigenvalue weighted by Gasteiger charge is 2.19. The van der Waals surface area contributed by atoms with Crippen molar-refractivity contribution < 1.29 is 9.18 Å². The highest BCUT2D eigenvalue weighted by molar-refractivity contribution is 6.33. The third kappa shape index (κ3) is 6.50. The molecule has 4 rings (SSSR count). The van der Waals surface area contributed by atoms with E-state index in [2.05, 4.69) is 45.8 Å². The van der Waals surface area contributed by atoms with E-state index >= 15 is 0 Å². The highest BCUT2D eigenvalue weighted by atomic mass is 35.5. The van der Waals surface area contributed by atoms with Gasteiger partial charge in [-0.25, -0.2) is 9.82 Å². The summed E-state index contributed by atoms with van der Waals surface area (Å²) in [5.74, 6) is -0.101. The van der Waals surface area contributed by atoms with Gasteiger partial charge in [0.2, 0.25) is 0 Å². The van der Waals surface area contributed by atoms with Crippen LogP contribution in [-0.4, -0.2) is 30.1 Å². The second-order valence-electron chi connectivity index (χ2n) is 8.44. The van der Waals surface area contributed by atoms with Crippen molar-refractivity contribution in [1.82, 2.24) is 10.3 Å². The summed E-state index contributed by atoms with van der Waals surface area (Å²) < 4.78 is 13.8. The molecule has 1 N–H and O–H groups in total. The molecule has 33 heavy (non-hydrogen) atoms. The maximum Gasteiger partial charge on any atom is 0.271 e. The Labute approximate surface area is 199 Å². The summed E-state index contributed by atoms with van der Waals surface area (Å²) in [6.07, 6.45) is 4.79. The minimum atomic E-state index is -0.492. The average Bonchev–Trinajstić information content (AvgIpc) is 2.83. The van der Waals surface area contributed by atoms with Gasteiger partial charge in [0.15, 0.2) is 0 Å². The van der Waals surface area contributed by atoms with Gasteiger partial charge in [-0.15, -0.1) is 0 Å². The molecule has 1 fully saturated rings. The van der Waals surface area contributed by atoms with E-state index in [0.717, 1.165) is 32.0 Å². The van der Waals surface area contributed by atoms with E-state index in [1.165, 1.54) is 42.3 Å². The number of amides is 1. The molecule has 0 aromatic heterocycles. The zero-order valence-electron chi connectivity index (χ0n) is 18.4. The van der Waals surface area contributed by atoms with Gasteiger partial charge in [-0.05, 0) is 73.7 Å². The number of nitrogens with one attached hydrogen (secondary N) is 1. The first-order valence-corrected chi connectivity index (χ1v) is 11.6. The maximum absolute atomic E-state index is 13.8. The Morgan fingerprint density at radius 3 is 2.42 bits per heavy atom. The molecule has 3 aromatic carbocycles. The summed E-state index contributed by atoms with van der Waals surface area (Å²) in [5, 5.41) is 4.07. The van der Waals surface area contributed by atoms with Gasteiger partial charge < -0.3 is 0 Å². The Bertz CT molecular complexity index is 1070. The Balaban J connectivity index is 1.24. The van der Waals surface area contributed by atoms with Gasteiger partial charge >= 0.3 is 0 Å². The number of nitrogens with zero attached hydrogens (tertiary/aromatic N) is 2. The molecule has 6 heteroatoms. The number of rotatable bonds is 7. The Morgan fingerprint density at radius 1 is 1.00 bits per heavy atom. The summed E-state index contributed by atoms with van der Waals surface area (Å²) >= 11 is 5.96. The van der Waals surface area contributed by atoms with Crippen molar-refractivity contribution in [3.8, 4) is 0 Å². The Kier molecular flexibility index (Phi) is 7.87. The van der Waals surface area contributed by atoms with Crippen molar-refractivity contribution >= 4 is 23.7 Å². The molecule has 0 radical (unpaired) electrons. The number of carbonyl (C=O) groups excluding carboxylic acids is 1. The predicted octanol–water partition coefficient (Wildman–Crippen LogP) is 5.70. The molecule has 0 bridgehead atoms. The van der Waals surface area contributed by atoms with E-state index in [-0.39, 0.29) is 16.5 Å². The van der Waals surface area contributed by atoms with Gasteiger partial charge in [-0.1, -0.05) is 60.1 Å². The fourth-order valence-electron chi connectivity index (χ4n) is 4.17. The van der Waals surface area contributed by atoms with E-state index in [9.17, 15) is 9.18 Å². The first-order valence-electron chi connectivity index (χ1n) is 11.2. The molecular formula is C27H27ClFN3O. The molecule has 3 aromatic rings. The smallest absolute Gasteiger partial charge is 0.271 e. The van der Waals surface area contributed by atoms with Crippen molar-refractivity contribution in [2.75, 3.05) is 13.1 Å². The van der Waals surface area contributed by atoms with Crippen molar-refractivity contribution in [3.63, 3.8) is 0 Å². The van der Waals surface area contributed by atoms with Crippen LogP contribution in [0.15, 0.2) is 77.9 Å². The minimum absolute atomic E-state index is 0.141. The monoisotopic (exact) mass is 463 g/mol. The molecule has 0 atom stereocenters. The maximum atomic E-state index is 13.8. The van der Waals surface area contributed by atoms with Crippen molar-refractivity contribution in [2.45, 2.75) is 25.8 Å². The molecule has 1 aliphatic heterocycles. The minimum Gasteiger partial charge on any atom is -0.299 e. The predicted molar refractivity (Wildman–Crippen MR) is 131 cm³/mol. The summed E-state index contributed by atoms with van der Waals surface area (Å²) in [7, 11) is 0. The molecule has 0 saturated carbocycles. The number of hydrogen-bond acceptors (Lipinski definition) is 3. The molecule has 0 aliphatic carbocycles. The van der Waals surface area contributed by atoms with E-state index in [1.54, 1.807) is 18.2 Å². The lowest BCUT2D eigenvalue weighted by molar-refractivity contribution is 0.0955. The van der Waals surface area contributed by atoms with Crippen LogP contribution in [-0.2, 0) is 13.0 Å². The topological polar surface area (TPSA) is 44.7 Å². The van der Waals surface area contributed by atoms with Crippen molar-refractivity contribution in [2.24, 2.45) is 11.0 Å². The lowest BCUT2D eigenvalue weighted by atomic mass is 9.90. The van der Waals surface area contributed by atoms with Gasteiger partial charge in [0, 0.05) is 17.7 Å². The number of carbonyl (C=O) groups is 1. The molecule has 170 valence electrons. The normalized spacial score (nSPS) is 15.1. The molecule has 0 spiro atoms. The van der Waals surface area contributed by atoms with E-state index < -0.39 is 5.82 Å². The lowest BCUT2D eigenvalue weighted by Gasteiger charge is -2.32. The van der Waals surface area contributed by atoms with E-state index in [0.29, 0.717) is 5.56 Å². The SMILES string of the molecule is O=C(N/N=C\c1c(F)cccc1Cl)c1ccc(CN2CCC(Cc3ccccc3)CC2)cc1. The summed E-state index contributed by atoms with van der Waals surface area (Å²) in [5.41, 5.74) is 5.66. The van der Waals surface area contributed by atoms with Crippen LogP contribution in [0.4, 0.5) is 4.39 Å². The zero-order chi connectivity index (χ0) is 23.0. The van der Waals surface area contributed by atoms with Crippen LogP contribution in [0, 0.1) is 11.7 Å². The summed E-state index contributed by atoms with van der Waals surface area (Å²) in [4.78, 5) is 14.8. The molecular weight excluding hydrogens is 437 g/mol. The van der Waals surface area contributed by atoms with Crippen LogP contribution >= 0.6 is 11.6 Å². The molecule has 1 aliphatic rings. The van der Waals surface area contributed by atoms with Crippen molar-refractivity contribution in [3.05, 3.63) is 106 Å². The first-order chi connectivity index (χ1) is 16.1. The molecule has 1 amide bonds. The highest BCUT2D eigenvalue weighted by Crippen LogP contribution is 2.23. The fraction of sp³-hybridized carbons (Fsp3) is 0.259. The summed E-state index contributed by atoms with van der Waals surface area (Å²) in [6.45, 7) is 3.06. The number of hydrazone groups is 1. The number of hydrogen-bond donors (Lipinski definition) is 1. The number of halogens is 2. The van der Waals surface area contributed by atoms with Crippen LogP contribution in [0.1, 0.15) is 39.9 Å². The second kappa shape index (κ2) is 11.2. The number of likely N-dealkylation sites (tertiary alicyclic amines) is 1. The molecule has 1 heterocycles. The zero-order valence-corrected chi connectivity index (χ0v) is 19.1. The van der Waals surface area contributed by atoms with Gasteiger partial charge in [0.05, 0.1) is 11.2 Å². The summed E-state index contributed by atoms with van der Waals surface area (Å²) in [6, 6.07) is 22.6. The van der Waals surface area contributed by atoms with Crippen LogP contribution in [0.25, 0.3) is 0 Å². The molecule has 4 nitrogen and oxygen atoms in total. The van der Waals surface area contributed by atoms with Gasteiger partial charge in [-0.2, -0.15) is 5.10 Å². The Hall–Kier alpha value is -3.02. The second-order valence-corrected chi connectivity index (χ2v) is 8.85. The average molecular weight is 464 g/mol. The van der Waals surface area contributed by atoms with E-state index in [4.69, 9.17) is 11.6 Å². The number of piperidine rings is 1. The standard InChI is InChI=1S/C27H27ClFN3O/c28-25-7-4-8-26(29)24(25)18-30-31-27(33)23-11-9-22(10-12-23)19-32-15-13-21(14-16-32)17-20-5-2-1-3-6-20/h1-12,18,21H,13-17,19H2,(H,31,33)/b30-18-. The third-order valence-electron chi connectivity index (χ3n) is 6.06. The van der Waals surface area contributed by atoms with Crippen LogP contribution in [0.5, 0.6) is 0 Å². The van der Waals surface area contributed by atoms with Crippen LogP contribution in [0.3, 0.4) is 0 Å². The quantitative estimate of drug-likeness (QED) is 0.361. The van der Waals surface area contributed by atoms with Crippen molar-refractivity contribution in [1.29, 1.82) is 0 Å². The Morgan fingerprint density at radius 2 is 1.73 bits per heavy atom. The molecule has 0 unspecified atom stereocenters. The van der Waals surface area contributed by atoms with Crippen LogP contribution < -0.4 is 5.43 Å². The fourth-order valence-corrected chi connectivity index (χ4v) is 4.38. The van der Waals surface area contributed by atoms with Crippen LogP contribution in [0.2, 0.25) is 5.02 Å². The first kappa shape index (κ1) is 23.1. The number of benzene rings is 3. The largest absolute Gasteiger partial charge is 0.299 e.